The number of rotatable bonds is 7. The largest absolute Gasteiger partial charge is 0.497 e. The van der Waals surface area contributed by atoms with Gasteiger partial charge in [0.05, 0.1) is 19.8 Å². The number of aliphatic hydroxyl groups is 1. The number of nitrogens with zero attached hydrogens (tertiary/aromatic N) is 1. The van der Waals surface area contributed by atoms with Gasteiger partial charge >= 0.3 is 0 Å². The molecule has 5 nitrogen and oxygen atoms in total. The molecule has 2 aromatic rings. The average molecular weight is 475 g/mol. The Morgan fingerprint density at radius 1 is 1.32 bits per heavy atom. The summed E-state index contributed by atoms with van der Waals surface area (Å²) in [5.41, 5.74) is 2.07. The lowest BCUT2D eigenvalue weighted by molar-refractivity contribution is 0.180. The minimum atomic E-state index is -0.632. The van der Waals surface area contributed by atoms with Crippen molar-refractivity contribution in [1.29, 1.82) is 0 Å². The molecule has 0 aliphatic rings. The number of aliphatic hydroxyl groups excluding tert-OH is 1. The van der Waals surface area contributed by atoms with Crippen LogP contribution in [0.25, 0.3) is 0 Å². The fourth-order valence-electron chi connectivity index (χ4n) is 2.22. The standard InChI is InChI=1S/C18H25N3O2S.HI/c1-4-19-18(21-12-17-13(2)8-9-24-17)20-11-16(22)14-6-5-7-15(10-14)23-3;/h5-10,16,22H,4,11-12H2,1-3H3,(H2,19,20,21);1H. The summed E-state index contributed by atoms with van der Waals surface area (Å²) in [6, 6.07) is 9.55. The van der Waals surface area contributed by atoms with Crippen LogP contribution in [0, 0.1) is 6.92 Å². The number of thiophene rings is 1. The molecule has 0 bridgehead atoms. The molecule has 0 saturated carbocycles. The van der Waals surface area contributed by atoms with Crippen molar-refractivity contribution in [3.63, 3.8) is 0 Å². The van der Waals surface area contributed by atoms with Gasteiger partial charge in [-0.15, -0.1) is 35.3 Å². The van der Waals surface area contributed by atoms with Gasteiger partial charge in [-0.25, -0.2) is 4.99 Å². The number of hydrogen-bond donors (Lipinski definition) is 3. The summed E-state index contributed by atoms with van der Waals surface area (Å²) in [6.45, 7) is 5.89. The monoisotopic (exact) mass is 475 g/mol. The molecule has 0 aliphatic heterocycles. The second-order valence-electron chi connectivity index (χ2n) is 5.40. The Hall–Kier alpha value is -1.32. The van der Waals surface area contributed by atoms with Gasteiger partial charge in [-0.1, -0.05) is 12.1 Å². The van der Waals surface area contributed by atoms with Gasteiger partial charge in [0.25, 0.3) is 0 Å². The molecule has 0 aliphatic carbocycles. The van der Waals surface area contributed by atoms with Crippen LogP contribution in [0.1, 0.15) is 29.0 Å². The number of ether oxygens (including phenoxy) is 1. The summed E-state index contributed by atoms with van der Waals surface area (Å²) in [4.78, 5) is 5.84. The second-order valence-corrected chi connectivity index (χ2v) is 6.40. The predicted molar refractivity (Wildman–Crippen MR) is 115 cm³/mol. The van der Waals surface area contributed by atoms with Crippen molar-refractivity contribution in [2.24, 2.45) is 4.99 Å². The molecule has 0 saturated heterocycles. The van der Waals surface area contributed by atoms with Gasteiger partial charge in [0.1, 0.15) is 5.75 Å². The minimum Gasteiger partial charge on any atom is -0.497 e. The third-order valence-electron chi connectivity index (χ3n) is 3.63. The van der Waals surface area contributed by atoms with Crippen LogP contribution < -0.4 is 15.4 Å². The van der Waals surface area contributed by atoms with Crippen LogP contribution in [0.5, 0.6) is 5.75 Å². The fraction of sp³-hybridized carbons (Fsp3) is 0.389. The van der Waals surface area contributed by atoms with Crippen LogP contribution in [-0.2, 0) is 6.54 Å². The molecule has 1 aromatic heterocycles. The van der Waals surface area contributed by atoms with Crippen molar-refractivity contribution in [2.75, 3.05) is 20.2 Å². The second kappa shape index (κ2) is 11.3. The van der Waals surface area contributed by atoms with Gasteiger partial charge in [0, 0.05) is 18.0 Å². The number of aliphatic imine (C=N–C) groups is 1. The number of nitrogens with one attached hydrogen (secondary N) is 2. The molecule has 3 N–H and O–H groups in total. The fourth-order valence-corrected chi connectivity index (χ4v) is 3.05. The third kappa shape index (κ3) is 6.83. The summed E-state index contributed by atoms with van der Waals surface area (Å²) in [5, 5.41) is 18.8. The minimum absolute atomic E-state index is 0. The first kappa shape index (κ1) is 21.7. The van der Waals surface area contributed by atoms with E-state index in [9.17, 15) is 5.11 Å². The highest BCUT2D eigenvalue weighted by atomic mass is 127. The average Bonchev–Trinajstić information content (AvgIpc) is 3.02. The molecule has 1 atom stereocenters. The molecule has 2 rings (SSSR count). The highest BCUT2D eigenvalue weighted by molar-refractivity contribution is 14.0. The van der Waals surface area contributed by atoms with E-state index in [1.807, 2.05) is 31.2 Å². The molecule has 7 heteroatoms. The van der Waals surface area contributed by atoms with Crippen molar-refractivity contribution in [3.05, 3.63) is 51.7 Å². The lowest BCUT2D eigenvalue weighted by Gasteiger charge is -2.16. The Bertz CT molecular complexity index is 676. The molecular formula is C18H26IN3O2S. The van der Waals surface area contributed by atoms with E-state index >= 15 is 0 Å². The van der Waals surface area contributed by atoms with E-state index < -0.39 is 6.10 Å². The molecule has 25 heavy (non-hydrogen) atoms. The van der Waals surface area contributed by atoms with E-state index in [2.05, 4.69) is 34.0 Å². The van der Waals surface area contributed by atoms with E-state index in [1.165, 1.54) is 10.4 Å². The number of guanidine groups is 1. The third-order valence-corrected chi connectivity index (χ3v) is 4.64. The van der Waals surface area contributed by atoms with Crippen LogP contribution in [-0.4, -0.2) is 31.3 Å². The Kier molecular flexibility index (Phi) is 9.84. The molecule has 1 unspecified atom stereocenters. The number of benzene rings is 1. The van der Waals surface area contributed by atoms with Crippen molar-refractivity contribution in [2.45, 2.75) is 26.5 Å². The first-order valence-corrected chi connectivity index (χ1v) is 8.89. The van der Waals surface area contributed by atoms with Crippen molar-refractivity contribution >= 4 is 41.3 Å². The lowest BCUT2D eigenvalue weighted by Crippen LogP contribution is -2.39. The molecule has 138 valence electrons. The van der Waals surface area contributed by atoms with Crippen LogP contribution in [0.3, 0.4) is 0 Å². The van der Waals surface area contributed by atoms with Gasteiger partial charge in [-0.2, -0.15) is 0 Å². The van der Waals surface area contributed by atoms with Gasteiger partial charge in [-0.05, 0) is 48.6 Å². The normalized spacial score (nSPS) is 12.2. The maximum Gasteiger partial charge on any atom is 0.191 e. The van der Waals surface area contributed by atoms with Crippen LogP contribution in [0.4, 0.5) is 0 Å². The SMILES string of the molecule is CCNC(=NCc1sccc1C)NCC(O)c1cccc(OC)c1.I. The van der Waals surface area contributed by atoms with E-state index in [4.69, 9.17) is 4.74 Å². The zero-order valence-corrected chi connectivity index (χ0v) is 17.9. The van der Waals surface area contributed by atoms with Gasteiger partial charge in [-0.3, -0.25) is 0 Å². The van der Waals surface area contributed by atoms with Gasteiger partial charge in [0.2, 0.25) is 0 Å². The van der Waals surface area contributed by atoms with E-state index in [0.29, 0.717) is 19.0 Å². The zero-order valence-electron chi connectivity index (χ0n) is 14.8. The molecule has 1 heterocycles. The Morgan fingerprint density at radius 2 is 2.12 bits per heavy atom. The van der Waals surface area contributed by atoms with E-state index in [1.54, 1.807) is 18.4 Å². The van der Waals surface area contributed by atoms with Crippen LogP contribution >= 0.6 is 35.3 Å². The topological polar surface area (TPSA) is 65.9 Å². The van der Waals surface area contributed by atoms with Gasteiger partial charge in [0.15, 0.2) is 5.96 Å². The molecule has 0 radical (unpaired) electrons. The van der Waals surface area contributed by atoms with Crippen LogP contribution in [0.15, 0.2) is 40.7 Å². The maximum atomic E-state index is 10.4. The van der Waals surface area contributed by atoms with E-state index in [0.717, 1.165) is 17.9 Å². The first-order chi connectivity index (χ1) is 11.6. The first-order valence-electron chi connectivity index (χ1n) is 8.01. The Labute approximate surface area is 170 Å². The predicted octanol–water partition coefficient (Wildman–Crippen LogP) is 3.47. The molecule has 0 amide bonds. The van der Waals surface area contributed by atoms with Crippen molar-refractivity contribution in [1.82, 2.24) is 10.6 Å². The van der Waals surface area contributed by atoms with E-state index in [-0.39, 0.29) is 24.0 Å². The smallest absolute Gasteiger partial charge is 0.191 e. The Balaban J connectivity index is 0.00000312. The number of aryl methyl sites for hydroxylation is 1. The number of hydrogen-bond acceptors (Lipinski definition) is 4. The zero-order chi connectivity index (χ0) is 17.4. The highest BCUT2D eigenvalue weighted by Crippen LogP contribution is 2.19. The maximum absolute atomic E-state index is 10.4. The van der Waals surface area contributed by atoms with Crippen molar-refractivity contribution < 1.29 is 9.84 Å². The van der Waals surface area contributed by atoms with Crippen LogP contribution in [0.2, 0.25) is 0 Å². The Morgan fingerprint density at radius 3 is 2.76 bits per heavy atom. The summed E-state index contributed by atoms with van der Waals surface area (Å²) in [6.07, 6.45) is -0.632. The molecule has 0 spiro atoms. The summed E-state index contributed by atoms with van der Waals surface area (Å²) >= 11 is 1.71. The quantitative estimate of drug-likeness (QED) is 0.326. The molecule has 0 fully saturated rings. The summed E-state index contributed by atoms with van der Waals surface area (Å²) < 4.78 is 5.19. The molecule has 1 aromatic carbocycles. The highest BCUT2D eigenvalue weighted by Gasteiger charge is 2.09. The lowest BCUT2D eigenvalue weighted by atomic mass is 10.1. The molecular weight excluding hydrogens is 449 g/mol. The summed E-state index contributed by atoms with van der Waals surface area (Å²) in [5.74, 6) is 1.44. The summed E-state index contributed by atoms with van der Waals surface area (Å²) in [7, 11) is 1.62. The van der Waals surface area contributed by atoms with Gasteiger partial charge < -0.3 is 20.5 Å². The number of methoxy groups -OCH3 is 1. The van der Waals surface area contributed by atoms with Crippen molar-refractivity contribution in [3.8, 4) is 5.75 Å². The number of halogens is 1.